The maximum absolute atomic E-state index is 13.8. The summed E-state index contributed by atoms with van der Waals surface area (Å²) in [6.45, 7) is 0. The fourth-order valence-corrected chi connectivity index (χ4v) is 3.54. The summed E-state index contributed by atoms with van der Waals surface area (Å²) in [6, 6.07) is 5.78. The highest BCUT2D eigenvalue weighted by Crippen LogP contribution is 2.38. The third-order valence-electron chi connectivity index (χ3n) is 2.43. The molecular weight excluding hydrogens is 362 g/mol. The summed E-state index contributed by atoms with van der Waals surface area (Å²) < 4.78 is 15.6. The second-order valence-electron chi connectivity index (χ2n) is 3.55. The monoisotopic (exact) mass is 368 g/mol. The normalized spacial score (nSPS) is 12.7. The topological polar surface area (TPSA) is 38.0 Å². The van der Waals surface area contributed by atoms with Crippen LogP contribution in [0.15, 0.2) is 28.7 Å². The molecule has 0 spiro atoms. The first kappa shape index (κ1) is 14.2. The van der Waals surface area contributed by atoms with Gasteiger partial charge in [0.25, 0.3) is 0 Å². The number of hydrazine groups is 1. The Morgan fingerprint density at radius 2 is 2.00 bits per heavy atom. The lowest BCUT2D eigenvalue weighted by Crippen LogP contribution is -2.29. The Morgan fingerprint density at radius 1 is 1.28 bits per heavy atom. The molecule has 2 rings (SSSR count). The first-order valence-corrected chi connectivity index (χ1v) is 7.25. The van der Waals surface area contributed by atoms with Crippen molar-refractivity contribution in [1.82, 2.24) is 5.43 Å². The molecule has 0 fully saturated rings. The molecule has 18 heavy (non-hydrogen) atoms. The lowest BCUT2D eigenvalue weighted by molar-refractivity contribution is 0.560. The van der Waals surface area contributed by atoms with Gasteiger partial charge in [0, 0.05) is 15.6 Å². The van der Waals surface area contributed by atoms with E-state index >= 15 is 0 Å². The van der Waals surface area contributed by atoms with Gasteiger partial charge >= 0.3 is 0 Å². The number of hydrogen-bond donors (Lipinski definition) is 2. The predicted octanol–water partition coefficient (Wildman–Crippen LogP) is 4.51. The number of nitrogens with one attached hydrogen (secondary N) is 1. The van der Waals surface area contributed by atoms with Crippen LogP contribution in [0.4, 0.5) is 4.39 Å². The summed E-state index contributed by atoms with van der Waals surface area (Å²) >= 11 is 16.5. The summed E-state index contributed by atoms with van der Waals surface area (Å²) in [5.74, 6) is 5.14. The first-order valence-electron chi connectivity index (χ1n) is 4.88. The summed E-state index contributed by atoms with van der Waals surface area (Å²) in [6.07, 6.45) is 0. The minimum Gasteiger partial charge on any atom is -0.271 e. The highest BCUT2D eigenvalue weighted by Gasteiger charge is 2.21. The fraction of sp³-hybridized carbons (Fsp3) is 0.0909. The smallest absolute Gasteiger partial charge is 0.128 e. The van der Waals surface area contributed by atoms with Crippen LogP contribution in [-0.2, 0) is 0 Å². The van der Waals surface area contributed by atoms with Crippen LogP contribution in [0.1, 0.15) is 17.2 Å². The standard InChI is InChI=1S/C11H8BrCl2FN2S/c12-5-1-2-8(15)6(3-5)10(17-16)7-4-9(13)18-11(7)14/h1-4,10,17H,16H2. The zero-order valence-corrected chi connectivity index (χ0v) is 12.8. The van der Waals surface area contributed by atoms with Gasteiger partial charge < -0.3 is 0 Å². The Hall–Kier alpha value is -0.170. The lowest BCUT2D eigenvalue weighted by Gasteiger charge is -2.17. The first-order chi connectivity index (χ1) is 8.52. The predicted molar refractivity (Wildman–Crippen MR) is 77.6 cm³/mol. The van der Waals surface area contributed by atoms with Crippen LogP contribution in [0.5, 0.6) is 0 Å². The number of halogens is 4. The summed E-state index contributed by atoms with van der Waals surface area (Å²) in [4.78, 5) is 0. The Kier molecular flexibility index (Phi) is 4.64. The van der Waals surface area contributed by atoms with Crippen molar-refractivity contribution in [2.45, 2.75) is 6.04 Å². The van der Waals surface area contributed by atoms with Gasteiger partial charge in [0.2, 0.25) is 0 Å². The highest BCUT2D eigenvalue weighted by molar-refractivity contribution is 9.10. The van der Waals surface area contributed by atoms with Crippen LogP contribution in [0.25, 0.3) is 0 Å². The molecule has 0 amide bonds. The zero-order valence-electron chi connectivity index (χ0n) is 8.88. The maximum atomic E-state index is 13.8. The molecule has 0 aliphatic carbocycles. The van der Waals surface area contributed by atoms with Gasteiger partial charge in [0.1, 0.15) is 5.82 Å². The second-order valence-corrected chi connectivity index (χ2v) is 6.75. The molecule has 0 saturated carbocycles. The molecule has 1 unspecified atom stereocenters. The Morgan fingerprint density at radius 3 is 2.56 bits per heavy atom. The molecule has 2 nitrogen and oxygen atoms in total. The third kappa shape index (κ3) is 2.87. The molecule has 3 N–H and O–H groups in total. The minimum absolute atomic E-state index is 0.362. The van der Waals surface area contributed by atoms with Gasteiger partial charge in [-0.25, -0.2) is 9.82 Å². The van der Waals surface area contributed by atoms with Crippen LogP contribution in [-0.4, -0.2) is 0 Å². The largest absolute Gasteiger partial charge is 0.271 e. The van der Waals surface area contributed by atoms with E-state index in [2.05, 4.69) is 21.4 Å². The molecule has 0 bridgehead atoms. The molecule has 2 aromatic rings. The molecular formula is C11H8BrCl2FN2S. The van der Waals surface area contributed by atoms with E-state index in [-0.39, 0.29) is 5.82 Å². The average Bonchev–Trinajstić information content (AvgIpc) is 2.64. The van der Waals surface area contributed by atoms with E-state index in [4.69, 9.17) is 29.0 Å². The van der Waals surface area contributed by atoms with Crippen molar-refractivity contribution in [3.05, 3.63) is 54.4 Å². The van der Waals surface area contributed by atoms with Crippen molar-refractivity contribution in [3.63, 3.8) is 0 Å². The van der Waals surface area contributed by atoms with E-state index in [9.17, 15) is 4.39 Å². The lowest BCUT2D eigenvalue weighted by atomic mass is 10.0. The molecule has 1 aromatic heterocycles. The molecule has 1 aromatic carbocycles. The molecule has 1 atom stereocenters. The minimum atomic E-state index is -0.543. The van der Waals surface area contributed by atoms with Crippen LogP contribution < -0.4 is 11.3 Å². The van der Waals surface area contributed by atoms with E-state index in [0.717, 1.165) is 4.47 Å². The quantitative estimate of drug-likeness (QED) is 0.617. The maximum Gasteiger partial charge on any atom is 0.128 e. The van der Waals surface area contributed by atoms with Crippen LogP contribution in [0.3, 0.4) is 0 Å². The van der Waals surface area contributed by atoms with E-state index in [1.54, 1.807) is 18.2 Å². The summed E-state index contributed by atoms with van der Waals surface area (Å²) in [5.41, 5.74) is 3.62. The number of thiophene rings is 1. The molecule has 0 radical (unpaired) electrons. The van der Waals surface area contributed by atoms with Crippen molar-refractivity contribution < 1.29 is 4.39 Å². The van der Waals surface area contributed by atoms with Crippen LogP contribution in [0.2, 0.25) is 8.67 Å². The summed E-state index contributed by atoms with van der Waals surface area (Å²) in [7, 11) is 0. The third-order valence-corrected chi connectivity index (χ3v) is 4.44. The molecule has 7 heteroatoms. The Labute approximate surface area is 126 Å². The van der Waals surface area contributed by atoms with Crippen molar-refractivity contribution in [1.29, 1.82) is 0 Å². The SMILES string of the molecule is NNC(c1cc(Br)ccc1F)c1cc(Cl)sc1Cl. The van der Waals surface area contributed by atoms with E-state index in [1.807, 2.05) is 0 Å². The van der Waals surface area contributed by atoms with Gasteiger partial charge in [-0.1, -0.05) is 39.1 Å². The van der Waals surface area contributed by atoms with Crippen molar-refractivity contribution in [3.8, 4) is 0 Å². The van der Waals surface area contributed by atoms with Crippen molar-refractivity contribution in [2.24, 2.45) is 5.84 Å². The number of nitrogens with two attached hydrogens (primary N) is 1. The van der Waals surface area contributed by atoms with Gasteiger partial charge in [0.15, 0.2) is 0 Å². The van der Waals surface area contributed by atoms with E-state index < -0.39 is 6.04 Å². The van der Waals surface area contributed by atoms with Crippen molar-refractivity contribution in [2.75, 3.05) is 0 Å². The molecule has 0 saturated heterocycles. The molecule has 1 heterocycles. The van der Waals surface area contributed by atoms with Gasteiger partial charge in [-0.05, 0) is 24.3 Å². The van der Waals surface area contributed by atoms with Gasteiger partial charge in [-0.3, -0.25) is 5.84 Å². The van der Waals surface area contributed by atoms with Gasteiger partial charge in [-0.15, -0.1) is 11.3 Å². The number of benzene rings is 1. The van der Waals surface area contributed by atoms with Crippen LogP contribution in [0, 0.1) is 5.82 Å². The van der Waals surface area contributed by atoms with Crippen molar-refractivity contribution >= 4 is 50.5 Å². The second kappa shape index (κ2) is 5.86. The fourth-order valence-electron chi connectivity index (χ4n) is 1.63. The van der Waals surface area contributed by atoms with E-state index in [1.165, 1.54) is 17.4 Å². The summed E-state index contributed by atoms with van der Waals surface area (Å²) in [5, 5.41) is 0. The molecule has 0 aliphatic heterocycles. The van der Waals surface area contributed by atoms with Gasteiger partial charge in [-0.2, -0.15) is 0 Å². The average molecular weight is 370 g/mol. The number of hydrogen-bond acceptors (Lipinski definition) is 3. The van der Waals surface area contributed by atoms with Gasteiger partial charge in [0.05, 0.1) is 14.7 Å². The molecule has 0 aliphatic rings. The number of rotatable bonds is 3. The zero-order chi connectivity index (χ0) is 13.3. The van der Waals surface area contributed by atoms with E-state index in [0.29, 0.717) is 19.8 Å². The van der Waals surface area contributed by atoms with Crippen LogP contribution >= 0.6 is 50.5 Å². The Balaban J connectivity index is 2.51. The molecule has 96 valence electrons. The highest BCUT2D eigenvalue weighted by atomic mass is 79.9. The Bertz CT molecular complexity index is 576.